The number of aromatic nitrogens is 2. The lowest BCUT2D eigenvalue weighted by molar-refractivity contribution is -0.137. The number of hydrogen-bond donors (Lipinski definition) is 2. The molecular formula is C23H25F3N4O2S. The number of imidazole rings is 1. The summed E-state index contributed by atoms with van der Waals surface area (Å²) in [6, 6.07) is 11.3. The predicted molar refractivity (Wildman–Crippen MR) is 118 cm³/mol. The Morgan fingerprint density at radius 2 is 1.94 bits per heavy atom. The van der Waals surface area contributed by atoms with E-state index < -0.39 is 21.8 Å². The van der Waals surface area contributed by atoms with Crippen molar-refractivity contribution in [1.29, 1.82) is 0 Å². The van der Waals surface area contributed by atoms with Gasteiger partial charge in [0.15, 0.2) is 5.03 Å². The number of rotatable bonds is 7. The summed E-state index contributed by atoms with van der Waals surface area (Å²) in [5, 5.41) is 3.23. The maximum Gasteiger partial charge on any atom is 0.416 e. The van der Waals surface area contributed by atoms with Crippen molar-refractivity contribution in [1.82, 2.24) is 19.6 Å². The second kappa shape index (κ2) is 8.92. The fourth-order valence-electron chi connectivity index (χ4n) is 4.35. The molecule has 2 atom stereocenters. The molecular weight excluding hydrogens is 453 g/mol. The van der Waals surface area contributed by atoms with Crippen LogP contribution >= 0.6 is 0 Å². The van der Waals surface area contributed by atoms with Crippen molar-refractivity contribution >= 4 is 10.0 Å². The van der Waals surface area contributed by atoms with E-state index in [-0.39, 0.29) is 23.5 Å². The quantitative estimate of drug-likeness (QED) is 0.546. The minimum Gasteiger partial charge on any atom is -0.339 e. The zero-order valence-electron chi connectivity index (χ0n) is 18.2. The minimum absolute atomic E-state index is 0.0270. The Balaban J connectivity index is 1.55. The number of likely N-dealkylation sites (N-methyl/N-ethyl adjacent to an activating group) is 1. The third kappa shape index (κ3) is 5.13. The Labute approximate surface area is 190 Å². The van der Waals surface area contributed by atoms with E-state index in [1.165, 1.54) is 24.7 Å². The second-order valence-electron chi connectivity index (χ2n) is 8.34. The van der Waals surface area contributed by atoms with Gasteiger partial charge in [0.05, 0.1) is 11.9 Å². The number of nitrogens with one attached hydrogen (secondary N) is 2. The van der Waals surface area contributed by atoms with Crippen molar-refractivity contribution in [2.24, 2.45) is 7.05 Å². The van der Waals surface area contributed by atoms with Crippen LogP contribution in [-0.2, 0) is 42.6 Å². The Morgan fingerprint density at radius 3 is 2.61 bits per heavy atom. The first-order chi connectivity index (χ1) is 15.6. The summed E-state index contributed by atoms with van der Waals surface area (Å²) in [6.45, 7) is 0.0900. The molecule has 1 aromatic heterocycles. The topological polar surface area (TPSA) is 76.0 Å². The average Bonchev–Trinajstić information content (AvgIpc) is 3.36. The Kier molecular flexibility index (Phi) is 6.35. The lowest BCUT2D eigenvalue weighted by atomic mass is 9.89. The van der Waals surface area contributed by atoms with Crippen LogP contribution in [0.15, 0.2) is 60.0 Å². The Bertz CT molecular complexity index is 1250. The summed E-state index contributed by atoms with van der Waals surface area (Å²) in [7, 11) is -0.214. The zero-order valence-corrected chi connectivity index (χ0v) is 19.0. The zero-order chi connectivity index (χ0) is 23.8. The first kappa shape index (κ1) is 23.5. The number of halogens is 3. The summed E-state index contributed by atoms with van der Waals surface area (Å²) in [4.78, 5) is 3.89. The van der Waals surface area contributed by atoms with Gasteiger partial charge in [-0.1, -0.05) is 36.4 Å². The molecule has 3 aromatic rings. The van der Waals surface area contributed by atoms with Crippen LogP contribution in [0.1, 0.15) is 33.7 Å². The molecule has 0 aliphatic heterocycles. The third-order valence-electron chi connectivity index (χ3n) is 6.04. The van der Waals surface area contributed by atoms with Gasteiger partial charge in [0.1, 0.15) is 0 Å². The Morgan fingerprint density at radius 1 is 1.15 bits per heavy atom. The van der Waals surface area contributed by atoms with Gasteiger partial charge < -0.3 is 9.88 Å². The van der Waals surface area contributed by atoms with Crippen LogP contribution in [0.25, 0.3) is 0 Å². The molecule has 0 saturated carbocycles. The maximum absolute atomic E-state index is 13.1. The number of fused-ring (bicyclic) bond motifs is 1. The summed E-state index contributed by atoms with van der Waals surface area (Å²) in [6.07, 6.45) is -0.335. The fourth-order valence-corrected chi connectivity index (χ4v) is 5.34. The summed E-state index contributed by atoms with van der Waals surface area (Å²) in [5.74, 6) is -0.0270. The monoisotopic (exact) mass is 478 g/mol. The molecule has 1 aliphatic rings. The molecule has 176 valence electrons. The first-order valence-electron chi connectivity index (χ1n) is 10.5. The number of hydrogen-bond acceptors (Lipinski definition) is 4. The van der Waals surface area contributed by atoms with Crippen LogP contribution < -0.4 is 10.0 Å². The van der Waals surface area contributed by atoms with E-state index in [1.807, 2.05) is 25.2 Å². The highest BCUT2D eigenvalue weighted by atomic mass is 32.2. The van der Waals surface area contributed by atoms with E-state index in [0.717, 1.165) is 29.2 Å². The van der Waals surface area contributed by atoms with Crippen molar-refractivity contribution in [3.63, 3.8) is 0 Å². The highest BCUT2D eigenvalue weighted by Crippen LogP contribution is 2.37. The molecule has 10 heteroatoms. The summed E-state index contributed by atoms with van der Waals surface area (Å²) in [5.41, 5.74) is 2.88. The largest absolute Gasteiger partial charge is 0.416 e. The van der Waals surface area contributed by atoms with Crippen LogP contribution in [0.5, 0.6) is 0 Å². The molecule has 2 aromatic carbocycles. The molecule has 0 bridgehead atoms. The molecule has 33 heavy (non-hydrogen) atoms. The average molecular weight is 479 g/mol. The lowest BCUT2D eigenvalue weighted by Gasteiger charge is -2.21. The molecule has 1 heterocycles. The third-order valence-corrected chi connectivity index (χ3v) is 7.32. The molecule has 2 unspecified atom stereocenters. The molecule has 1 aliphatic carbocycles. The van der Waals surface area contributed by atoms with Crippen LogP contribution in [0.3, 0.4) is 0 Å². The number of nitrogens with zero attached hydrogens (tertiary/aromatic N) is 2. The molecule has 0 amide bonds. The molecule has 4 rings (SSSR count). The summed E-state index contributed by atoms with van der Waals surface area (Å²) >= 11 is 0. The van der Waals surface area contributed by atoms with Crippen LogP contribution in [0.4, 0.5) is 13.2 Å². The van der Waals surface area contributed by atoms with Gasteiger partial charge in [-0.2, -0.15) is 13.2 Å². The lowest BCUT2D eigenvalue weighted by Crippen LogP contribution is -2.30. The van der Waals surface area contributed by atoms with E-state index in [1.54, 1.807) is 17.7 Å². The standard InChI is InChI=1S/C23H25F3N4O2S/c1-27-21-11-17-7-6-16(12-29-33(31,32)22-13-30(2)14-28-22)10-19(17)20(21)9-15-4-3-5-18(8-15)23(24,25)26/h3-8,10,13-14,20-21,27,29H,9,11-12H2,1-2H3. The minimum atomic E-state index is -4.38. The van der Waals surface area contributed by atoms with Gasteiger partial charge in [0.2, 0.25) is 0 Å². The SMILES string of the molecule is CNC1Cc2ccc(CNS(=O)(=O)c3cn(C)cn3)cc2C1Cc1cccc(C(F)(F)F)c1. The van der Waals surface area contributed by atoms with Crippen LogP contribution in [-0.4, -0.2) is 31.1 Å². The second-order valence-corrected chi connectivity index (χ2v) is 10.1. The van der Waals surface area contributed by atoms with Gasteiger partial charge >= 0.3 is 6.18 Å². The molecule has 2 N–H and O–H groups in total. The van der Waals surface area contributed by atoms with Crippen molar-refractivity contribution in [3.8, 4) is 0 Å². The van der Waals surface area contributed by atoms with E-state index in [0.29, 0.717) is 12.0 Å². The normalized spacial score (nSPS) is 18.5. The number of sulfonamides is 1. The Hall–Kier alpha value is -2.69. The number of alkyl halides is 3. The van der Waals surface area contributed by atoms with E-state index in [4.69, 9.17) is 0 Å². The van der Waals surface area contributed by atoms with E-state index >= 15 is 0 Å². The molecule has 6 nitrogen and oxygen atoms in total. The van der Waals surface area contributed by atoms with Crippen molar-refractivity contribution < 1.29 is 21.6 Å². The maximum atomic E-state index is 13.1. The van der Waals surface area contributed by atoms with Gasteiger partial charge in [-0.15, -0.1) is 0 Å². The number of aryl methyl sites for hydroxylation is 1. The van der Waals surface area contributed by atoms with Gasteiger partial charge in [0.25, 0.3) is 10.0 Å². The van der Waals surface area contributed by atoms with Crippen LogP contribution in [0.2, 0.25) is 0 Å². The fraction of sp³-hybridized carbons (Fsp3) is 0.348. The van der Waals surface area contributed by atoms with Crippen molar-refractivity contribution in [2.75, 3.05) is 7.05 Å². The highest BCUT2D eigenvalue weighted by molar-refractivity contribution is 7.89. The van der Waals surface area contributed by atoms with E-state index in [9.17, 15) is 21.6 Å². The molecule has 0 saturated heterocycles. The van der Waals surface area contributed by atoms with Gasteiger partial charge in [-0.25, -0.2) is 18.1 Å². The highest BCUT2D eigenvalue weighted by Gasteiger charge is 2.34. The first-order valence-corrected chi connectivity index (χ1v) is 12.0. The van der Waals surface area contributed by atoms with Gasteiger partial charge in [0, 0.05) is 31.7 Å². The van der Waals surface area contributed by atoms with Crippen molar-refractivity contribution in [2.45, 2.75) is 42.5 Å². The van der Waals surface area contributed by atoms with Gasteiger partial charge in [-0.05, 0) is 48.2 Å². The smallest absolute Gasteiger partial charge is 0.339 e. The van der Waals surface area contributed by atoms with Crippen molar-refractivity contribution in [3.05, 3.63) is 82.8 Å². The predicted octanol–water partition coefficient (Wildman–Crippen LogP) is 3.39. The molecule has 0 radical (unpaired) electrons. The molecule has 0 fully saturated rings. The van der Waals surface area contributed by atoms with E-state index in [2.05, 4.69) is 15.0 Å². The number of benzene rings is 2. The summed E-state index contributed by atoms with van der Waals surface area (Å²) < 4.78 is 68.5. The molecule has 0 spiro atoms. The van der Waals surface area contributed by atoms with Gasteiger partial charge in [-0.3, -0.25) is 0 Å². The van der Waals surface area contributed by atoms with Crippen LogP contribution in [0, 0.1) is 0 Å².